The number of carbonyl (C=O) groups excluding carboxylic acids is 2. The van der Waals surface area contributed by atoms with Crippen molar-refractivity contribution < 1.29 is 9.59 Å². The van der Waals surface area contributed by atoms with Crippen LogP contribution in [-0.2, 0) is 9.59 Å². The maximum absolute atomic E-state index is 12.5. The highest BCUT2D eigenvalue weighted by molar-refractivity contribution is 9.10. The van der Waals surface area contributed by atoms with Gasteiger partial charge in [0.15, 0.2) is 0 Å². The molecule has 1 fully saturated rings. The average Bonchev–Trinajstić information content (AvgIpc) is 2.95. The molecule has 3 rings (SSSR count). The molecular weight excluding hydrogens is 450 g/mol. The number of hydrogen-bond acceptors (Lipinski definition) is 2. The molecule has 2 amide bonds. The van der Waals surface area contributed by atoms with Crippen molar-refractivity contribution in [2.24, 2.45) is 5.92 Å². The van der Waals surface area contributed by atoms with Crippen LogP contribution in [0.15, 0.2) is 40.9 Å². The SMILES string of the molecule is O=C(Nc1ccc(Br)c(Cl)c1)[C@@H]1CC(=O)N(c2cccc(Cl)c2Cl)C1. The Labute approximate surface area is 168 Å². The van der Waals surface area contributed by atoms with E-state index in [1.54, 1.807) is 36.4 Å². The van der Waals surface area contributed by atoms with E-state index in [0.717, 1.165) is 4.47 Å². The number of rotatable bonds is 3. The molecule has 0 aromatic heterocycles. The highest BCUT2D eigenvalue weighted by atomic mass is 79.9. The summed E-state index contributed by atoms with van der Waals surface area (Å²) in [7, 11) is 0. The van der Waals surface area contributed by atoms with Crippen LogP contribution in [0.25, 0.3) is 0 Å². The third kappa shape index (κ3) is 3.95. The molecule has 1 aliphatic rings. The van der Waals surface area contributed by atoms with Crippen LogP contribution in [-0.4, -0.2) is 18.4 Å². The zero-order chi connectivity index (χ0) is 18.1. The minimum Gasteiger partial charge on any atom is -0.326 e. The van der Waals surface area contributed by atoms with Crippen LogP contribution < -0.4 is 10.2 Å². The Bertz CT molecular complexity index is 860. The van der Waals surface area contributed by atoms with Gasteiger partial charge in [-0.05, 0) is 46.3 Å². The smallest absolute Gasteiger partial charge is 0.229 e. The summed E-state index contributed by atoms with van der Waals surface area (Å²) in [5.74, 6) is -0.893. The number of nitrogens with one attached hydrogen (secondary N) is 1. The summed E-state index contributed by atoms with van der Waals surface area (Å²) in [6, 6.07) is 10.2. The summed E-state index contributed by atoms with van der Waals surface area (Å²) < 4.78 is 0.741. The van der Waals surface area contributed by atoms with E-state index in [1.165, 1.54) is 4.90 Å². The maximum Gasteiger partial charge on any atom is 0.229 e. The average molecular weight is 463 g/mol. The lowest BCUT2D eigenvalue weighted by molar-refractivity contribution is -0.122. The molecule has 0 radical (unpaired) electrons. The van der Waals surface area contributed by atoms with Gasteiger partial charge in [0, 0.05) is 23.1 Å². The first-order chi connectivity index (χ1) is 11.9. The number of anilines is 2. The zero-order valence-corrected chi connectivity index (χ0v) is 16.6. The largest absolute Gasteiger partial charge is 0.326 e. The van der Waals surface area contributed by atoms with Crippen LogP contribution in [0.4, 0.5) is 11.4 Å². The topological polar surface area (TPSA) is 49.4 Å². The molecule has 0 unspecified atom stereocenters. The van der Waals surface area contributed by atoms with Crippen LogP contribution >= 0.6 is 50.7 Å². The van der Waals surface area contributed by atoms with E-state index in [9.17, 15) is 9.59 Å². The first-order valence-electron chi connectivity index (χ1n) is 7.37. The molecule has 4 nitrogen and oxygen atoms in total. The number of carbonyl (C=O) groups is 2. The summed E-state index contributed by atoms with van der Waals surface area (Å²) in [6.07, 6.45) is 0.110. The Kier molecular flexibility index (Phi) is 5.58. The normalized spacial score (nSPS) is 17.0. The summed E-state index contributed by atoms with van der Waals surface area (Å²) >= 11 is 21.5. The van der Waals surface area contributed by atoms with Gasteiger partial charge in [0.25, 0.3) is 0 Å². The van der Waals surface area contributed by atoms with Gasteiger partial charge in [-0.15, -0.1) is 0 Å². The molecule has 130 valence electrons. The first kappa shape index (κ1) is 18.5. The van der Waals surface area contributed by atoms with Gasteiger partial charge in [0.1, 0.15) is 0 Å². The molecule has 1 N–H and O–H groups in total. The lowest BCUT2D eigenvalue weighted by Gasteiger charge is -2.18. The molecule has 1 saturated heterocycles. The molecule has 0 spiro atoms. The third-order valence-corrected chi connectivity index (χ3v) is 5.95. The molecule has 1 heterocycles. The van der Waals surface area contributed by atoms with Crippen molar-refractivity contribution >= 4 is 73.9 Å². The van der Waals surface area contributed by atoms with E-state index >= 15 is 0 Å². The van der Waals surface area contributed by atoms with Crippen LogP contribution in [0.3, 0.4) is 0 Å². The highest BCUT2D eigenvalue weighted by Gasteiger charge is 2.36. The molecular formula is C17H12BrCl3N2O2. The van der Waals surface area contributed by atoms with Gasteiger partial charge in [-0.1, -0.05) is 40.9 Å². The van der Waals surface area contributed by atoms with Gasteiger partial charge in [-0.3, -0.25) is 9.59 Å². The van der Waals surface area contributed by atoms with Crippen LogP contribution in [0.5, 0.6) is 0 Å². The van der Waals surface area contributed by atoms with Gasteiger partial charge in [-0.25, -0.2) is 0 Å². The third-order valence-electron chi connectivity index (χ3n) is 3.90. The fourth-order valence-corrected chi connectivity index (χ4v) is 3.46. The Morgan fingerprint density at radius 2 is 1.92 bits per heavy atom. The molecule has 8 heteroatoms. The van der Waals surface area contributed by atoms with E-state index in [0.29, 0.717) is 26.4 Å². The van der Waals surface area contributed by atoms with Crippen molar-refractivity contribution in [1.82, 2.24) is 0 Å². The van der Waals surface area contributed by atoms with E-state index in [2.05, 4.69) is 21.2 Å². The Morgan fingerprint density at radius 3 is 2.64 bits per heavy atom. The van der Waals surface area contributed by atoms with Gasteiger partial charge in [0.2, 0.25) is 11.8 Å². The number of hydrogen-bond donors (Lipinski definition) is 1. The monoisotopic (exact) mass is 460 g/mol. The fourth-order valence-electron chi connectivity index (χ4n) is 2.64. The number of halogens is 4. The van der Waals surface area contributed by atoms with E-state index in [4.69, 9.17) is 34.8 Å². The Balaban J connectivity index is 1.74. The van der Waals surface area contributed by atoms with Crippen LogP contribution in [0, 0.1) is 5.92 Å². The standard InChI is InChI=1S/C17H12BrCl3N2O2/c18-11-5-4-10(7-13(11)20)22-17(25)9-6-15(24)23(8-9)14-3-1-2-12(19)16(14)21/h1-5,7,9H,6,8H2,(H,22,25)/t9-/m1/s1. The predicted octanol–water partition coefficient (Wildman–Crippen LogP) is 5.40. The fraction of sp³-hybridized carbons (Fsp3) is 0.176. The van der Waals surface area contributed by atoms with Crippen molar-refractivity contribution in [2.75, 3.05) is 16.8 Å². The molecule has 1 aliphatic heterocycles. The highest BCUT2D eigenvalue weighted by Crippen LogP contribution is 2.36. The summed E-state index contributed by atoms with van der Waals surface area (Å²) in [5, 5.41) is 3.95. The second-order valence-electron chi connectivity index (χ2n) is 5.60. The van der Waals surface area contributed by atoms with Crippen molar-refractivity contribution in [3.8, 4) is 0 Å². The lowest BCUT2D eigenvalue weighted by Crippen LogP contribution is -2.28. The summed E-state index contributed by atoms with van der Waals surface area (Å²) in [5.41, 5.74) is 1.09. The van der Waals surface area contributed by atoms with E-state index < -0.39 is 5.92 Å². The number of nitrogens with zero attached hydrogens (tertiary/aromatic N) is 1. The lowest BCUT2D eigenvalue weighted by atomic mass is 10.1. The molecule has 0 saturated carbocycles. The quantitative estimate of drug-likeness (QED) is 0.664. The molecule has 2 aromatic carbocycles. The van der Waals surface area contributed by atoms with E-state index in [1.807, 2.05) is 0 Å². The van der Waals surface area contributed by atoms with Crippen molar-refractivity contribution in [2.45, 2.75) is 6.42 Å². The van der Waals surface area contributed by atoms with Crippen molar-refractivity contribution in [1.29, 1.82) is 0 Å². The maximum atomic E-state index is 12.5. The van der Waals surface area contributed by atoms with Crippen molar-refractivity contribution in [3.63, 3.8) is 0 Å². The van der Waals surface area contributed by atoms with Crippen LogP contribution in [0.2, 0.25) is 15.1 Å². The zero-order valence-electron chi connectivity index (χ0n) is 12.7. The molecule has 2 aromatic rings. The second kappa shape index (κ2) is 7.54. The van der Waals surface area contributed by atoms with Crippen LogP contribution in [0.1, 0.15) is 6.42 Å². The molecule has 0 aliphatic carbocycles. The Morgan fingerprint density at radius 1 is 1.16 bits per heavy atom. The van der Waals surface area contributed by atoms with E-state index in [-0.39, 0.29) is 24.8 Å². The number of benzene rings is 2. The first-order valence-corrected chi connectivity index (χ1v) is 9.30. The van der Waals surface area contributed by atoms with Gasteiger partial charge < -0.3 is 10.2 Å². The molecule has 0 bridgehead atoms. The van der Waals surface area contributed by atoms with Gasteiger partial charge in [-0.2, -0.15) is 0 Å². The Hall–Kier alpha value is -1.27. The van der Waals surface area contributed by atoms with Crippen molar-refractivity contribution in [3.05, 3.63) is 55.9 Å². The molecule has 25 heavy (non-hydrogen) atoms. The minimum absolute atomic E-state index is 0.110. The second-order valence-corrected chi connectivity index (χ2v) is 7.64. The minimum atomic E-state index is -0.482. The van der Waals surface area contributed by atoms with Gasteiger partial charge >= 0.3 is 0 Å². The summed E-state index contributed by atoms with van der Waals surface area (Å²) in [6.45, 7) is 0.245. The summed E-state index contributed by atoms with van der Waals surface area (Å²) in [4.78, 5) is 26.3. The number of amides is 2. The molecule has 1 atom stereocenters. The van der Waals surface area contributed by atoms with Gasteiger partial charge in [0.05, 0.1) is 26.7 Å². The predicted molar refractivity (Wildman–Crippen MR) is 105 cm³/mol.